The molecule has 30 heavy (non-hydrogen) atoms. The quantitative estimate of drug-likeness (QED) is 0.652. The third-order valence-electron chi connectivity index (χ3n) is 5.04. The lowest BCUT2D eigenvalue weighted by molar-refractivity contribution is -0.125. The molecule has 0 fully saturated rings. The second kappa shape index (κ2) is 8.39. The molecule has 0 atom stereocenters. The summed E-state index contributed by atoms with van der Waals surface area (Å²) in [5, 5.41) is 0.506. The molecular weight excluding hydrogens is 402 g/mol. The van der Waals surface area contributed by atoms with Crippen molar-refractivity contribution in [3.8, 4) is 0 Å². The molecule has 0 saturated heterocycles. The van der Waals surface area contributed by atoms with E-state index in [2.05, 4.69) is 9.97 Å². The van der Waals surface area contributed by atoms with Gasteiger partial charge in [-0.25, -0.2) is 17.7 Å². The van der Waals surface area contributed by atoms with Crippen LogP contribution in [0.5, 0.6) is 0 Å². The van der Waals surface area contributed by atoms with E-state index in [9.17, 15) is 18.0 Å². The van der Waals surface area contributed by atoms with Gasteiger partial charge in [-0.1, -0.05) is 29.8 Å². The molecule has 0 saturated carbocycles. The fourth-order valence-electron chi connectivity index (χ4n) is 3.66. The summed E-state index contributed by atoms with van der Waals surface area (Å²) in [4.78, 5) is 32.0. The Bertz CT molecular complexity index is 1260. The Balaban J connectivity index is 1.71. The molecule has 3 aromatic rings. The summed E-state index contributed by atoms with van der Waals surface area (Å²) in [6.45, 7) is 5.36. The Labute approximate surface area is 175 Å². The number of H-pyrrole nitrogens is 1. The maximum absolute atomic E-state index is 13.0. The molecule has 0 spiro atoms. The highest BCUT2D eigenvalue weighted by Gasteiger charge is 2.28. The fourth-order valence-corrected chi connectivity index (χ4v) is 5.23. The second-order valence-electron chi connectivity index (χ2n) is 7.48. The predicted molar refractivity (Wildman–Crippen MR) is 116 cm³/mol. The van der Waals surface area contributed by atoms with Crippen molar-refractivity contribution in [2.24, 2.45) is 0 Å². The average Bonchev–Trinajstić information content (AvgIpc) is 2.66. The first-order chi connectivity index (χ1) is 14.1. The number of carbonyl (C=O) groups excluding carboxylic acids is 1. The highest BCUT2D eigenvalue weighted by molar-refractivity contribution is 7.89. The number of hydrogen-bond donors (Lipinski definition) is 1. The maximum Gasteiger partial charge on any atom is 0.266 e. The lowest BCUT2D eigenvalue weighted by atomic mass is 10.1. The van der Waals surface area contributed by atoms with E-state index in [1.807, 2.05) is 6.92 Å². The van der Waals surface area contributed by atoms with Gasteiger partial charge in [-0.2, -0.15) is 0 Å². The van der Waals surface area contributed by atoms with Gasteiger partial charge in [-0.05, 0) is 50.5 Å². The van der Waals surface area contributed by atoms with Crippen LogP contribution in [0.3, 0.4) is 0 Å². The first-order valence-corrected chi connectivity index (χ1v) is 11.1. The fraction of sp³-hybridized carbons (Fsp3) is 0.318. The average molecular weight is 428 g/mol. The molecule has 2 aromatic carbocycles. The second-order valence-corrected chi connectivity index (χ2v) is 9.38. The number of para-hydroxylation sites is 1. The number of rotatable bonds is 6. The summed E-state index contributed by atoms with van der Waals surface area (Å²) in [6.07, 6.45) is 0.754. The molecule has 0 bridgehead atoms. The zero-order valence-corrected chi connectivity index (χ0v) is 18.3. The van der Waals surface area contributed by atoms with E-state index in [0.717, 1.165) is 9.87 Å². The van der Waals surface area contributed by atoms with E-state index < -0.39 is 15.9 Å². The minimum atomic E-state index is -3.94. The van der Waals surface area contributed by atoms with E-state index in [1.54, 1.807) is 50.2 Å². The number of nitrogens with zero attached hydrogens (tertiary/aromatic N) is 2. The lowest BCUT2D eigenvalue weighted by Gasteiger charge is -2.20. The van der Waals surface area contributed by atoms with Gasteiger partial charge in [0, 0.05) is 19.9 Å². The van der Waals surface area contributed by atoms with Gasteiger partial charge in [0.1, 0.15) is 5.82 Å². The van der Waals surface area contributed by atoms with Crippen LogP contribution in [0.15, 0.2) is 46.1 Å². The number of fused-ring (bicyclic) bond motifs is 1. The molecule has 0 aliphatic rings. The van der Waals surface area contributed by atoms with Gasteiger partial charge >= 0.3 is 0 Å². The lowest BCUT2D eigenvalue weighted by Crippen LogP contribution is -2.34. The van der Waals surface area contributed by atoms with Crippen LogP contribution >= 0.6 is 0 Å². The van der Waals surface area contributed by atoms with Gasteiger partial charge in [0.05, 0.1) is 15.8 Å². The van der Waals surface area contributed by atoms with Crippen molar-refractivity contribution < 1.29 is 13.2 Å². The zero-order valence-electron chi connectivity index (χ0n) is 17.5. The van der Waals surface area contributed by atoms with Gasteiger partial charge in [-0.15, -0.1) is 0 Å². The SMILES string of the molecule is Cc1cc(C)c(S(=O)(=O)N(C)C(=O)CCCc2nc3ccccc3c(=O)[nH]2)c(C)c1. The number of carbonyl (C=O) groups is 1. The Morgan fingerprint density at radius 1 is 1.10 bits per heavy atom. The Morgan fingerprint density at radius 3 is 2.40 bits per heavy atom. The molecular formula is C22H25N3O4S. The standard InChI is InChI=1S/C22H25N3O4S/c1-14-12-15(2)21(16(3)13-14)30(28,29)25(4)20(26)11-7-10-19-23-18-9-6-5-8-17(18)22(27)24-19/h5-6,8-9,12-13H,7,10-11H2,1-4H3,(H,23,24,27). The molecule has 3 rings (SSSR count). The summed E-state index contributed by atoms with van der Waals surface area (Å²) in [5.41, 5.74) is 2.56. The summed E-state index contributed by atoms with van der Waals surface area (Å²) in [5.74, 6) is -0.0280. The van der Waals surface area contributed by atoms with Crippen LogP contribution in [0.1, 0.15) is 35.4 Å². The van der Waals surface area contributed by atoms with Crippen molar-refractivity contribution >= 4 is 26.8 Å². The molecule has 0 aliphatic carbocycles. The van der Waals surface area contributed by atoms with Crippen molar-refractivity contribution in [1.29, 1.82) is 0 Å². The Morgan fingerprint density at radius 2 is 1.73 bits per heavy atom. The zero-order chi connectivity index (χ0) is 22.1. The largest absolute Gasteiger partial charge is 0.310 e. The molecule has 0 unspecified atom stereocenters. The van der Waals surface area contributed by atoms with Crippen LogP contribution in [0.4, 0.5) is 0 Å². The minimum Gasteiger partial charge on any atom is -0.310 e. The normalized spacial score (nSPS) is 11.6. The van der Waals surface area contributed by atoms with Gasteiger partial charge < -0.3 is 4.98 Å². The number of aryl methyl sites for hydroxylation is 4. The van der Waals surface area contributed by atoms with E-state index in [0.29, 0.717) is 40.7 Å². The topological polar surface area (TPSA) is 100 Å². The third-order valence-corrected chi connectivity index (χ3v) is 7.13. The molecule has 8 heteroatoms. The van der Waals surface area contributed by atoms with Crippen molar-refractivity contribution in [2.75, 3.05) is 7.05 Å². The summed E-state index contributed by atoms with van der Waals surface area (Å²) in [7, 11) is -2.65. The van der Waals surface area contributed by atoms with Crippen molar-refractivity contribution in [1.82, 2.24) is 14.3 Å². The number of sulfonamides is 1. The van der Waals surface area contributed by atoms with Crippen LogP contribution in [0.2, 0.25) is 0 Å². The van der Waals surface area contributed by atoms with Crippen LogP contribution in [0, 0.1) is 20.8 Å². The molecule has 0 aliphatic heterocycles. The Hall–Kier alpha value is -3.00. The summed E-state index contributed by atoms with van der Waals surface area (Å²) < 4.78 is 26.8. The Kier molecular flexibility index (Phi) is 6.07. The summed E-state index contributed by atoms with van der Waals surface area (Å²) >= 11 is 0. The number of aromatic amines is 1. The van der Waals surface area contributed by atoms with Crippen LogP contribution in [-0.4, -0.2) is 35.6 Å². The number of hydrogen-bond acceptors (Lipinski definition) is 5. The predicted octanol–water partition coefficient (Wildman–Crippen LogP) is 3.02. The van der Waals surface area contributed by atoms with E-state index in [1.165, 1.54) is 7.05 Å². The van der Waals surface area contributed by atoms with Gasteiger partial charge in [0.2, 0.25) is 5.91 Å². The highest BCUT2D eigenvalue weighted by atomic mass is 32.2. The molecule has 158 valence electrons. The number of benzene rings is 2. The van der Waals surface area contributed by atoms with Crippen molar-refractivity contribution in [3.05, 3.63) is 69.3 Å². The van der Waals surface area contributed by atoms with E-state index in [4.69, 9.17) is 0 Å². The molecule has 1 N–H and O–H groups in total. The van der Waals surface area contributed by atoms with Gasteiger partial charge in [0.25, 0.3) is 15.6 Å². The van der Waals surface area contributed by atoms with Gasteiger partial charge in [-0.3, -0.25) is 9.59 Å². The molecule has 0 radical (unpaired) electrons. The molecule has 1 aromatic heterocycles. The highest BCUT2D eigenvalue weighted by Crippen LogP contribution is 2.25. The van der Waals surface area contributed by atoms with Crippen molar-refractivity contribution in [3.63, 3.8) is 0 Å². The van der Waals surface area contributed by atoms with Crippen LogP contribution in [0.25, 0.3) is 10.9 Å². The number of aromatic nitrogens is 2. The van der Waals surface area contributed by atoms with Crippen LogP contribution < -0.4 is 5.56 Å². The van der Waals surface area contributed by atoms with Crippen LogP contribution in [-0.2, 0) is 21.2 Å². The maximum atomic E-state index is 13.0. The molecule has 7 nitrogen and oxygen atoms in total. The van der Waals surface area contributed by atoms with Gasteiger partial charge in [0.15, 0.2) is 0 Å². The third kappa shape index (κ3) is 4.28. The monoisotopic (exact) mass is 427 g/mol. The molecule has 1 amide bonds. The number of nitrogens with one attached hydrogen (secondary N) is 1. The summed E-state index contributed by atoms with van der Waals surface area (Å²) in [6, 6.07) is 10.6. The van der Waals surface area contributed by atoms with E-state index >= 15 is 0 Å². The first kappa shape index (κ1) is 21.7. The smallest absolute Gasteiger partial charge is 0.266 e. The minimum absolute atomic E-state index is 0.0240. The van der Waals surface area contributed by atoms with E-state index in [-0.39, 0.29) is 16.9 Å². The molecule has 1 heterocycles. The van der Waals surface area contributed by atoms with Crippen molar-refractivity contribution in [2.45, 2.75) is 44.9 Å². The first-order valence-electron chi connectivity index (χ1n) is 9.69. The number of amides is 1.